The summed E-state index contributed by atoms with van der Waals surface area (Å²) < 4.78 is 46.2. The van der Waals surface area contributed by atoms with E-state index in [4.69, 9.17) is 10.5 Å². The van der Waals surface area contributed by atoms with Gasteiger partial charge in [-0.3, -0.25) is 4.79 Å². The number of ether oxygens (including phenoxy) is 2. The molecular weight excluding hydrogens is 313 g/mol. The Morgan fingerprint density at radius 1 is 1.43 bits per heavy atom. The molecule has 23 heavy (non-hydrogen) atoms. The molecule has 0 spiro atoms. The van der Waals surface area contributed by atoms with Crippen molar-refractivity contribution in [3.63, 3.8) is 0 Å². The van der Waals surface area contributed by atoms with Crippen LogP contribution in [0.5, 0.6) is 5.75 Å². The van der Waals surface area contributed by atoms with Crippen molar-refractivity contribution in [2.24, 2.45) is 5.92 Å². The van der Waals surface area contributed by atoms with Crippen molar-refractivity contribution in [3.05, 3.63) is 23.8 Å². The van der Waals surface area contributed by atoms with E-state index in [1.807, 2.05) is 6.92 Å². The zero-order valence-corrected chi connectivity index (χ0v) is 12.7. The summed E-state index contributed by atoms with van der Waals surface area (Å²) in [5.74, 6) is -0.650. The molecule has 5 nitrogen and oxygen atoms in total. The highest BCUT2D eigenvalue weighted by molar-refractivity contribution is 5.95. The number of hydrogen-bond donors (Lipinski definition) is 1. The van der Waals surface area contributed by atoms with E-state index in [1.54, 1.807) is 4.90 Å². The van der Waals surface area contributed by atoms with Crippen LogP contribution in [0, 0.1) is 5.92 Å². The molecule has 0 aliphatic carbocycles. The van der Waals surface area contributed by atoms with Gasteiger partial charge in [-0.25, -0.2) is 0 Å². The summed E-state index contributed by atoms with van der Waals surface area (Å²) in [6.07, 6.45) is -4.04. The Kier molecular flexibility index (Phi) is 5.35. The highest BCUT2D eigenvalue weighted by atomic mass is 19.4. The van der Waals surface area contributed by atoms with E-state index in [9.17, 15) is 18.0 Å². The van der Waals surface area contributed by atoms with Gasteiger partial charge in [0.1, 0.15) is 0 Å². The van der Waals surface area contributed by atoms with Crippen molar-refractivity contribution in [3.8, 4) is 5.75 Å². The van der Waals surface area contributed by atoms with E-state index in [1.165, 1.54) is 12.1 Å². The quantitative estimate of drug-likeness (QED) is 0.842. The smallest absolute Gasteiger partial charge is 0.404 e. The maximum Gasteiger partial charge on any atom is 0.573 e. The zero-order valence-electron chi connectivity index (χ0n) is 12.7. The number of halogens is 3. The molecule has 1 heterocycles. The van der Waals surface area contributed by atoms with E-state index >= 15 is 0 Å². The van der Waals surface area contributed by atoms with Crippen molar-refractivity contribution < 1.29 is 27.4 Å². The Morgan fingerprint density at radius 3 is 2.83 bits per heavy atom. The molecule has 0 radical (unpaired) electrons. The van der Waals surface area contributed by atoms with E-state index in [0.29, 0.717) is 26.3 Å². The third kappa shape index (κ3) is 4.75. The lowest BCUT2D eigenvalue weighted by Crippen LogP contribution is -2.29. The minimum atomic E-state index is -4.86. The van der Waals surface area contributed by atoms with Crippen molar-refractivity contribution >= 4 is 11.6 Å². The average Bonchev–Trinajstić information content (AvgIpc) is 2.94. The Hall–Kier alpha value is -1.96. The first-order valence-corrected chi connectivity index (χ1v) is 7.32. The largest absolute Gasteiger partial charge is 0.573 e. The SMILES string of the molecule is CCOC[C@@H]1CCN(C(=O)c2ccc(N)c(OC(F)(F)F)c2)C1. The number of rotatable bonds is 5. The highest BCUT2D eigenvalue weighted by Gasteiger charge is 2.33. The molecule has 8 heteroatoms. The van der Waals surface area contributed by atoms with E-state index in [0.717, 1.165) is 12.5 Å². The van der Waals surface area contributed by atoms with Crippen LogP contribution in [0.2, 0.25) is 0 Å². The molecule has 0 bridgehead atoms. The van der Waals surface area contributed by atoms with Gasteiger partial charge in [0.15, 0.2) is 5.75 Å². The van der Waals surface area contributed by atoms with Crippen LogP contribution in [0.25, 0.3) is 0 Å². The van der Waals surface area contributed by atoms with Gasteiger partial charge in [0.2, 0.25) is 0 Å². The van der Waals surface area contributed by atoms with Crippen molar-refractivity contribution in [1.82, 2.24) is 4.90 Å². The molecule has 0 saturated carbocycles. The minimum absolute atomic E-state index is 0.121. The van der Waals surface area contributed by atoms with Crippen LogP contribution >= 0.6 is 0 Å². The molecular formula is C15H19F3N2O3. The standard InChI is InChI=1S/C15H19F3N2O3/c1-2-22-9-10-5-6-20(8-10)14(21)11-3-4-12(19)13(7-11)23-15(16,17)18/h3-4,7,10H,2,5-6,8-9,19H2,1H3/t10-/m1/s1. The number of anilines is 1. The normalized spacial score (nSPS) is 18.3. The Balaban J connectivity index is 2.07. The van der Waals surface area contributed by atoms with Gasteiger partial charge >= 0.3 is 6.36 Å². The molecule has 1 saturated heterocycles. The number of nitrogens with two attached hydrogens (primary N) is 1. The van der Waals surface area contributed by atoms with E-state index < -0.39 is 12.1 Å². The second kappa shape index (κ2) is 7.08. The summed E-state index contributed by atoms with van der Waals surface area (Å²) in [6.45, 7) is 4.16. The van der Waals surface area contributed by atoms with Crippen molar-refractivity contribution in [1.29, 1.82) is 0 Å². The molecule has 1 fully saturated rings. The molecule has 1 aliphatic heterocycles. The predicted molar refractivity (Wildman–Crippen MR) is 78.0 cm³/mol. The molecule has 1 amide bonds. The van der Waals surface area contributed by atoms with E-state index in [-0.39, 0.29) is 23.1 Å². The number of likely N-dealkylation sites (tertiary alicyclic amines) is 1. The predicted octanol–water partition coefficient (Wildman–Crippen LogP) is 2.67. The first kappa shape index (κ1) is 17.4. The Bertz CT molecular complexity index is 563. The fourth-order valence-electron chi connectivity index (χ4n) is 2.50. The van der Waals surface area contributed by atoms with Crippen LogP contribution in [0.4, 0.5) is 18.9 Å². The highest BCUT2D eigenvalue weighted by Crippen LogP contribution is 2.30. The summed E-state index contributed by atoms with van der Waals surface area (Å²) in [5, 5.41) is 0. The lowest BCUT2D eigenvalue weighted by molar-refractivity contribution is -0.274. The molecule has 0 unspecified atom stereocenters. The van der Waals surface area contributed by atoms with Crippen molar-refractivity contribution in [2.75, 3.05) is 32.0 Å². The second-order valence-electron chi connectivity index (χ2n) is 5.37. The zero-order chi connectivity index (χ0) is 17.0. The topological polar surface area (TPSA) is 64.8 Å². The average molecular weight is 332 g/mol. The van der Waals surface area contributed by atoms with Crippen LogP contribution in [-0.4, -0.2) is 43.5 Å². The summed E-state index contributed by atoms with van der Waals surface area (Å²) in [4.78, 5) is 14.0. The first-order valence-electron chi connectivity index (χ1n) is 7.32. The molecule has 1 aromatic rings. The number of amides is 1. The fraction of sp³-hybridized carbons (Fsp3) is 0.533. The van der Waals surface area contributed by atoms with Gasteiger partial charge in [0.05, 0.1) is 12.3 Å². The molecule has 1 aromatic carbocycles. The number of carbonyl (C=O) groups is 1. The Labute approximate surface area is 132 Å². The number of hydrogen-bond acceptors (Lipinski definition) is 4. The van der Waals surface area contributed by atoms with Crippen LogP contribution < -0.4 is 10.5 Å². The summed E-state index contributed by atoms with van der Waals surface area (Å²) in [5.41, 5.74) is 5.41. The summed E-state index contributed by atoms with van der Waals surface area (Å²) in [6, 6.07) is 3.67. The Morgan fingerprint density at radius 2 is 2.17 bits per heavy atom. The van der Waals surface area contributed by atoms with Crippen LogP contribution in [0.1, 0.15) is 23.7 Å². The van der Waals surface area contributed by atoms with Crippen molar-refractivity contribution in [2.45, 2.75) is 19.7 Å². The van der Waals surface area contributed by atoms with Gasteiger partial charge < -0.3 is 20.1 Å². The monoisotopic (exact) mass is 332 g/mol. The number of nitrogens with zero attached hydrogens (tertiary/aromatic N) is 1. The summed E-state index contributed by atoms with van der Waals surface area (Å²) >= 11 is 0. The molecule has 2 rings (SSSR count). The number of nitrogen functional groups attached to an aromatic ring is 1. The van der Waals surface area contributed by atoms with E-state index in [2.05, 4.69) is 4.74 Å². The van der Waals surface area contributed by atoms with Crippen LogP contribution in [0.15, 0.2) is 18.2 Å². The number of alkyl halides is 3. The molecule has 128 valence electrons. The molecule has 0 aromatic heterocycles. The molecule has 1 aliphatic rings. The minimum Gasteiger partial charge on any atom is -0.404 e. The third-order valence-electron chi connectivity index (χ3n) is 3.62. The van der Waals surface area contributed by atoms with Gasteiger partial charge in [-0.1, -0.05) is 0 Å². The number of carbonyl (C=O) groups excluding carboxylic acids is 1. The van der Waals surface area contributed by atoms with Gasteiger partial charge in [-0.2, -0.15) is 0 Å². The van der Waals surface area contributed by atoms with Crippen LogP contribution in [0.3, 0.4) is 0 Å². The number of benzene rings is 1. The van der Waals surface area contributed by atoms with Crippen LogP contribution in [-0.2, 0) is 4.74 Å². The van der Waals surface area contributed by atoms with Gasteiger partial charge in [0, 0.05) is 31.2 Å². The van der Waals surface area contributed by atoms with Gasteiger partial charge in [-0.05, 0) is 31.5 Å². The molecule has 1 atom stereocenters. The fourth-order valence-corrected chi connectivity index (χ4v) is 2.50. The first-order chi connectivity index (χ1) is 10.8. The lowest BCUT2D eigenvalue weighted by atomic mass is 10.1. The van der Waals surface area contributed by atoms with Gasteiger partial charge in [0.25, 0.3) is 5.91 Å². The third-order valence-corrected chi connectivity index (χ3v) is 3.62. The maximum absolute atomic E-state index is 12.4. The summed E-state index contributed by atoms with van der Waals surface area (Å²) in [7, 11) is 0. The second-order valence-corrected chi connectivity index (χ2v) is 5.37. The lowest BCUT2D eigenvalue weighted by Gasteiger charge is -2.18. The van der Waals surface area contributed by atoms with Gasteiger partial charge in [-0.15, -0.1) is 13.2 Å². The molecule has 2 N–H and O–H groups in total. The maximum atomic E-state index is 12.4.